The molecule has 0 unspecified atom stereocenters. The molecule has 4 rings (SSSR count). The fourth-order valence-corrected chi connectivity index (χ4v) is 3.37. The number of ether oxygens (including phenoxy) is 2. The number of carboxylic acids is 1. The lowest BCUT2D eigenvalue weighted by Crippen LogP contribution is -1.93. The van der Waals surface area contributed by atoms with Gasteiger partial charge < -0.3 is 14.6 Å². The zero-order chi connectivity index (χ0) is 16.0. The molecule has 23 heavy (non-hydrogen) atoms. The second-order valence-electron chi connectivity index (χ2n) is 5.08. The number of aryl methyl sites for hydroxylation is 1. The molecule has 0 aliphatic carbocycles. The summed E-state index contributed by atoms with van der Waals surface area (Å²) in [6.45, 7) is 2.20. The number of carboxylic acid groups (broad SMARTS) is 1. The summed E-state index contributed by atoms with van der Waals surface area (Å²) >= 11 is 1.56. The number of benzene rings is 1. The molecule has 0 amide bonds. The molecular weight excluding hydrogens is 316 g/mol. The van der Waals surface area contributed by atoms with E-state index < -0.39 is 5.97 Å². The van der Waals surface area contributed by atoms with Gasteiger partial charge in [0.05, 0.1) is 11.4 Å². The Labute approximate surface area is 135 Å². The van der Waals surface area contributed by atoms with Gasteiger partial charge in [-0.05, 0) is 31.2 Å². The molecule has 116 valence electrons. The summed E-state index contributed by atoms with van der Waals surface area (Å²) in [5, 5.41) is 8.93. The molecule has 0 saturated heterocycles. The molecule has 0 radical (unpaired) electrons. The van der Waals surface area contributed by atoms with Gasteiger partial charge in [0.2, 0.25) is 6.79 Å². The third-order valence-electron chi connectivity index (χ3n) is 3.51. The van der Waals surface area contributed by atoms with E-state index in [1.54, 1.807) is 17.4 Å². The van der Waals surface area contributed by atoms with Gasteiger partial charge in [-0.3, -0.25) is 4.40 Å². The average molecular weight is 328 g/mol. The number of fused-ring (bicyclic) bond motifs is 2. The SMILES string of the molecule is Cc1cn2c(/C=C/C(=O)O)c(-c3ccc4c(c3)OCO4)nc2s1. The highest BCUT2D eigenvalue weighted by Crippen LogP contribution is 2.37. The lowest BCUT2D eigenvalue weighted by molar-refractivity contribution is -0.131. The molecular formula is C16H12N2O4S. The van der Waals surface area contributed by atoms with E-state index in [1.807, 2.05) is 35.7 Å². The third-order valence-corrected chi connectivity index (χ3v) is 4.41. The van der Waals surface area contributed by atoms with Crippen molar-refractivity contribution in [1.82, 2.24) is 9.38 Å². The van der Waals surface area contributed by atoms with E-state index in [9.17, 15) is 4.79 Å². The van der Waals surface area contributed by atoms with Gasteiger partial charge >= 0.3 is 5.97 Å². The van der Waals surface area contributed by atoms with E-state index >= 15 is 0 Å². The van der Waals surface area contributed by atoms with Crippen LogP contribution in [0.2, 0.25) is 0 Å². The monoisotopic (exact) mass is 328 g/mol. The van der Waals surface area contributed by atoms with Crippen LogP contribution in [0.3, 0.4) is 0 Å². The number of rotatable bonds is 3. The average Bonchev–Trinajstić information content (AvgIpc) is 3.17. The maximum Gasteiger partial charge on any atom is 0.328 e. The van der Waals surface area contributed by atoms with Crippen LogP contribution in [0.25, 0.3) is 22.3 Å². The number of carbonyl (C=O) groups is 1. The van der Waals surface area contributed by atoms with Crippen LogP contribution in [0, 0.1) is 6.92 Å². The van der Waals surface area contributed by atoms with Crippen molar-refractivity contribution >= 4 is 28.3 Å². The Morgan fingerprint density at radius 3 is 3.04 bits per heavy atom. The van der Waals surface area contributed by atoms with Crippen LogP contribution in [0.15, 0.2) is 30.5 Å². The maximum atomic E-state index is 10.9. The number of thiazole rings is 1. The number of aliphatic carboxylic acids is 1. The number of nitrogens with zero attached hydrogens (tertiary/aromatic N) is 2. The first kappa shape index (κ1) is 13.8. The third kappa shape index (κ3) is 2.35. The van der Waals surface area contributed by atoms with Gasteiger partial charge in [-0.15, -0.1) is 11.3 Å². The Bertz CT molecular complexity index is 955. The molecule has 1 aliphatic heterocycles. The predicted octanol–water partition coefficient (Wildman–Crippen LogP) is 3.20. The van der Waals surface area contributed by atoms with Crippen molar-refractivity contribution in [2.75, 3.05) is 6.79 Å². The molecule has 0 saturated carbocycles. The van der Waals surface area contributed by atoms with Gasteiger partial charge in [-0.2, -0.15) is 0 Å². The number of hydrogen-bond donors (Lipinski definition) is 1. The minimum absolute atomic E-state index is 0.210. The maximum absolute atomic E-state index is 10.9. The molecule has 2 aromatic heterocycles. The van der Waals surface area contributed by atoms with Crippen molar-refractivity contribution in [2.45, 2.75) is 6.92 Å². The number of imidazole rings is 1. The van der Waals surface area contributed by atoms with Crippen molar-refractivity contribution in [1.29, 1.82) is 0 Å². The van der Waals surface area contributed by atoms with Gasteiger partial charge in [-0.25, -0.2) is 9.78 Å². The van der Waals surface area contributed by atoms with E-state index in [0.29, 0.717) is 17.2 Å². The molecule has 3 aromatic rings. The van der Waals surface area contributed by atoms with Crippen molar-refractivity contribution in [2.24, 2.45) is 0 Å². The van der Waals surface area contributed by atoms with E-state index in [4.69, 9.17) is 14.6 Å². The van der Waals surface area contributed by atoms with E-state index in [2.05, 4.69) is 4.98 Å². The highest BCUT2D eigenvalue weighted by Gasteiger charge is 2.18. The van der Waals surface area contributed by atoms with E-state index in [-0.39, 0.29) is 6.79 Å². The zero-order valence-corrected chi connectivity index (χ0v) is 13.0. The first-order chi connectivity index (χ1) is 11.1. The zero-order valence-electron chi connectivity index (χ0n) is 12.1. The number of hydrogen-bond acceptors (Lipinski definition) is 5. The highest BCUT2D eigenvalue weighted by atomic mass is 32.1. The highest BCUT2D eigenvalue weighted by molar-refractivity contribution is 7.17. The first-order valence-electron chi connectivity index (χ1n) is 6.91. The van der Waals surface area contributed by atoms with Gasteiger partial charge in [0, 0.05) is 22.7 Å². The quantitative estimate of drug-likeness (QED) is 0.748. The molecule has 0 spiro atoms. The molecule has 1 N–H and O–H groups in total. The number of aromatic nitrogens is 2. The van der Waals surface area contributed by atoms with E-state index in [0.717, 1.165) is 27.2 Å². The summed E-state index contributed by atoms with van der Waals surface area (Å²) in [5.74, 6) is 0.375. The van der Waals surface area contributed by atoms with E-state index in [1.165, 1.54) is 0 Å². The lowest BCUT2D eigenvalue weighted by Gasteiger charge is -2.02. The predicted molar refractivity (Wildman–Crippen MR) is 86.0 cm³/mol. The molecule has 0 fully saturated rings. The first-order valence-corrected chi connectivity index (χ1v) is 7.73. The van der Waals surface area contributed by atoms with Crippen LogP contribution >= 0.6 is 11.3 Å². The van der Waals surface area contributed by atoms with Crippen molar-refractivity contribution < 1.29 is 19.4 Å². The molecule has 0 atom stereocenters. The van der Waals surface area contributed by atoms with Crippen LogP contribution in [0.4, 0.5) is 0 Å². The molecule has 6 nitrogen and oxygen atoms in total. The van der Waals surface area contributed by atoms with Crippen molar-refractivity contribution in [3.8, 4) is 22.8 Å². The van der Waals surface area contributed by atoms with Gasteiger partial charge in [-0.1, -0.05) is 0 Å². The summed E-state index contributed by atoms with van der Waals surface area (Å²) in [6.07, 6.45) is 4.63. The van der Waals surface area contributed by atoms with Gasteiger partial charge in [0.25, 0.3) is 0 Å². The fourth-order valence-electron chi connectivity index (χ4n) is 2.54. The second-order valence-corrected chi connectivity index (χ2v) is 6.29. The Hall–Kier alpha value is -2.80. The summed E-state index contributed by atoms with van der Waals surface area (Å²) in [7, 11) is 0. The van der Waals surface area contributed by atoms with Gasteiger partial charge in [0.15, 0.2) is 16.5 Å². The molecule has 0 bridgehead atoms. The normalized spacial score (nSPS) is 13.3. The summed E-state index contributed by atoms with van der Waals surface area (Å²) in [4.78, 5) is 17.5. The molecule has 3 heterocycles. The van der Waals surface area contributed by atoms with Crippen LogP contribution in [-0.4, -0.2) is 27.3 Å². The minimum atomic E-state index is -0.997. The lowest BCUT2D eigenvalue weighted by atomic mass is 10.1. The van der Waals surface area contributed by atoms with Crippen LogP contribution in [0.5, 0.6) is 11.5 Å². The Morgan fingerprint density at radius 1 is 1.39 bits per heavy atom. The fraction of sp³-hybridized carbons (Fsp3) is 0.125. The standard InChI is InChI=1S/C16H12N2O4S/c1-9-7-18-11(3-5-14(19)20)15(17-16(18)23-9)10-2-4-12-13(6-10)22-8-21-12/h2-7H,8H2,1H3,(H,19,20)/b5-3+. The topological polar surface area (TPSA) is 73.1 Å². The molecule has 7 heteroatoms. The van der Waals surface area contributed by atoms with Crippen LogP contribution < -0.4 is 9.47 Å². The largest absolute Gasteiger partial charge is 0.478 e. The Balaban J connectivity index is 1.90. The van der Waals surface area contributed by atoms with Crippen LogP contribution in [0.1, 0.15) is 10.6 Å². The Kier molecular flexibility index (Phi) is 3.09. The molecule has 1 aliphatic rings. The van der Waals surface area contributed by atoms with Crippen molar-refractivity contribution in [3.05, 3.63) is 41.0 Å². The summed E-state index contributed by atoms with van der Waals surface area (Å²) in [6, 6.07) is 5.59. The van der Waals surface area contributed by atoms with Gasteiger partial charge in [0.1, 0.15) is 0 Å². The smallest absolute Gasteiger partial charge is 0.328 e. The summed E-state index contributed by atoms with van der Waals surface area (Å²) < 4.78 is 12.6. The van der Waals surface area contributed by atoms with Crippen molar-refractivity contribution in [3.63, 3.8) is 0 Å². The summed E-state index contributed by atoms with van der Waals surface area (Å²) in [5.41, 5.74) is 2.30. The molecule has 1 aromatic carbocycles. The van der Waals surface area contributed by atoms with Crippen LogP contribution in [-0.2, 0) is 4.79 Å². The Morgan fingerprint density at radius 2 is 2.22 bits per heavy atom. The second kappa shape index (κ2) is 5.13. The minimum Gasteiger partial charge on any atom is -0.478 e.